The third-order valence-electron chi connectivity index (χ3n) is 2.34. The number of fused-ring (bicyclic) bond motifs is 1. The zero-order valence-electron chi connectivity index (χ0n) is 8.65. The average Bonchev–Trinajstić information content (AvgIpc) is 2.82. The van der Waals surface area contributed by atoms with Gasteiger partial charge in [-0.3, -0.25) is 0 Å². The quantitative estimate of drug-likeness (QED) is 0.615. The van der Waals surface area contributed by atoms with E-state index in [1.165, 1.54) is 17.1 Å². The van der Waals surface area contributed by atoms with Crippen LogP contribution in [0.5, 0.6) is 0 Å². The first-order valence-electron chi connectivity index (χ1n) is 4.92. The Bertz CT molecular complexity index is 724. The van der Waals surface area contributed by atoms with E-state index < -0.39 is 0 Å². The van der Waals surface area contributed by atoms with Crippen LogP contribution in [0, 0.1) is 11.3 Å². The summed E-state index contributed by atoms with van der Waals surface area (Å²) < 4.78 is 1.51. The number of nitrogens with zero attached hydrogens (tertiary/aromatic N) is 6. The predicted molar refractivity (Wildman–Crippen MR) is 59.2 cm³/mol. The van der Waals surface area contributed by atoms with Crippen molar-refractivity contribution in [3.05, 3.63) is 42.4 Å². The van der Waals surface area contributed by atoms with Gasteiger partial charge in [0.25, 0.3) is 0 Å². The Balaban J connectivity index is 2.32. The molecule has 0 bridgehead atoms. The van der Waals surface area contributed by atoms with Gasteiger partial charge in [-0.15, -0.1) is 5.10 Å². The zero-order valence-corrected chi connectivity index (χ0v) is 8.65. The highest BCUT2D eigenvalue weighted by molar-refractivity contribution is 5.75. The third kappa shape index (κ3) is 1.41. The van der Waals surface area contributed by atoms with E-state index in [1.807, 2.05) is 30.3 Å². The predicted octanol–water partition coefficient (Wildman–Crippen LogP) is 1.08. The van der Waals surface area contributed by atoms with E-state index in [0.717, 1.165) is 11.0 Å². The van der Waals surface area contributed by atoms with Gasteiger partial charge in [-0.25, -0.2) is 9.97 Å². The molecule has 0 N–H and O–H groups in total. The molecule has 0 atom stereocenters. The van der Waals surface area contributed by atoms with E-state index in [0.29, 0.717) is 5.82 Å². The lowest BCUT2D eigenvalue weighted by molar-refractivity contribution is 0.792. The Labute approximate surface area is 96.2 Å². The lowest BCUT2D eigenvalue weighted by Gasteiger charge is -2.01. The lowest BCUT2D eigenvalue weighted by Crippen LogP contribution is -2.04. The molecule has 0 aliphatic carbocycles. The second kappa shape index (κ2) is 3.64. The Morgan fingerprint density at radius 1 is 1.12 bits per heavy atom. The first kappa shape index (κ1) is 9.42. The minimum atomic E-state index is 0.225. The molecule has 0 unspecified atom stereocenters. The van der Waals surface area contributed by atoms with Gasteiger partial charge in [-0.2, -0.15) is 9.94 Å². The van der Waals surface area contributed by atoms with Crippen molar-refractivity contribution in [2.75, 3.05) is 0 Å². The fourth-order valence-electron chi connectivity index (χ4n) is 1.59. The largest absolute Gasteiger partial charge is 0.240 e. The topological polar surface area (TPSA) is 80.3 Å². The normalized spacial score (nSPS) is 10.3. The molecule has 80 valence electrons. The molecule has 0 saturated carbocycles. The summed E-state index contributed by atoms with van der Waals surface area (Å²) in [4.78, 5) is 8.07. The molecule has 2 aromatic heterocycles. The van der Waals surface area contributed by atoms with Crippen molar-refractivity contribution in [2.24, 2.45) is 0 Å². The lowest BCUT2D eigenvalue weighted by atomic mass is 10.3. The van der Waals surface area contributed by atoms with Crippen molar-refractivity contribution < 1.29 is 0 Å². The minimum Gasteiger partial charge on any atom is -0.240 e. The maximum Gasteiger partial charge on any atom is 0.192 e. The van der Waals surface area contributed by atoms with Crippen molar-refractivity contribution >= 4 is 11.0 Å². The van der Waals surface area contributed by atoms with Crippen LogP contribution in [-0.2, 0) is 0 Å². The number of hydrogen-bond acceptors (Lipinski definition) is 5. The summed E-state index contributed by atoms with van der Waals surface area (Å²) in [5.74, 6) is 0.392. The maximum absolute atomic E-state index is 8.98. The SMILES string of the molecule is N#Cc1nccnc1-n1nnc2ccccc21. The van der Waals surface area contributed by atoms with Gasteiger partial charge in [0, 0.05) is 12.4 Å². The third-order valence-corrected chi connectivity index (χ3v) is 2.34. The molecular weight excluding hydrogens is 216 g/mol. The van der Waals surface area contributed by atoms with E-state index in [4.69, 9.17) is 5.26 Å². The minimum absolute atomic E-state index is 0.225. The van der Waals surface area contributed by atoms with Gasteiger partial charge in [0.2, 0.25) is 0 Å². The van der Waals surface area contributed by atoms with Crippen LogP contribution in [0.25, 0.3) is 16.9 Å². The molecule has 1 aromatic carbocycles. The Hall–Kier alpha value is -2.81. The van der Waals surface area contributed by atoms with Crippen LogP contribution in [0.1, 0.15) is 5.69 Å². The second-order valence-electron chi connectivity index (χ2n) is 3.33. The molecular formula is C11H6N6. The van der Waals surface area contributed by atoms with Gasteiger partial charge in [0.1, 0.15) is 11.6 Å². The molecule has 0 fully saturated rings. The van der Waals surface area contributed by atoms with Gasteiger partial charge in [0.15, 0.2) is 11.5 Å². The fraction of sp³-hybridized carbons (Fsp3) is 0. The summed E-state index contributed by atoms with van der Waals surface area (Å²) in [6.07, 6.45) is 2.99. The Morgan fingerprint density at radius 3 is 2.82 bits per heavy atom. The molecule has 2 heterocycles. The molecule has 6 heteroatoms. The molecule has 6 nitrogen and oxygen atoms in total. The van der Waals surface area contributed by atoms with Crippen LogP contribution >= 0.6 is 0 Å². The molecule has 0 radical (unpaired) electrons. The van der Waals surface area contributed by atoms with Crippen molar-refractivity contribution in [1.82, 2.24) is 25.0 Å². The Kier molecular flexibility index (Phi) is 2.02. The Morgan fingerprint density at radius 2 is 1.94 bits per heavy atom. The monoisotopic (exact) mass is 222 g/mol. The number of hydrogen-bond donors (Lipinski definition) is 0. The molecule has 0 aliphatic rings. The highest BCUT2D eigenvalue weighted by atomic mass is 15.4. The van der Waals surface area contributed by atoms with Gasteiger partial charge in [0.05, 0.1) is 5.52 Å². The van der Waals surface area contributed by atoms with Crippen LogP contribution in [0.4, 0.5) is 0 Å². The van der Waals surface area contributed by atoms with Crippen LogP contribution in [0.2, 0.25) is 0 Å². The molecule has 0 spiro atoms. The summed E-state index contributed by atoms with van der Waals surface area (Å²) in [5.41, 5.74) is 1.77. The van der Waals surface area contributed by atoms with Gasteiger partial charge < -0.3 is 0 Å². The van der Waals surface area contributed by atoms with E-state index in [1.54, 1.807) is 0 Å². The summed E-state index contributed by atoms with van der Waals surface area (Å²) in [6.45, 7) is 0. The standard InChI is InChI=1S/C11H6N6/c12-7-9-11(14-6-5-13-9)17-10-4-2-1-3-8(10)15-16-17/h1-6H. The van der Waals surface area contributed by atoms with E-state index in [9.17, 15) is 0 Å². The molecule has 3 rings (SSSR count). The number of benzene rings is 1. The molecule has 0 amide bonds. The highest BCUT2D eigenvalue weighted by Gasteiger charge is 2.11. The van der Waals surface area contributed by atoms with Crippen LogP contribution in [-0.4, -0.2) is 25.0 Å². The average molecular weight is 222 g/mol. The first-order valence-corrected chi connectivity index (χ1v) is 4.92. The van der Waals surface area contributed by atoms with E-state index in [-0.39, 0.29) is 5.69 Å². The van der Waals surface area contributed by atoms with Crippen molar-refractivity contribution in [3.8, 4) is 11.9 Å². The van der Waals surface area contributed by atoms with Crippen molar-refractivity contribution in [1.29, 1.82) is 5.26 Å². The summed E-state index contributed by atoms with van der Waals surface area (Å²) in [5, 5.41) is 17.0. The van der Waals surface area contributed by atoms with Crippen LogP contribution < -0.4 is 0 Å². The van der Waals surface area contributed by atoms with Crippen LogP contribution in [0.3, 0.4) is 0 Å². The molecule has 0 aliphatic heterocycles. The zero-order chi connectivity index (χ0) is 11.7. The number of rotatable bonds is 1. The molecule has 0 saturated heterocycles. The van der Waals surface area contributed by atoms with E-state index >= 15 is 0 Å². The summed E-state index contributed by atoms with van der Waals surface area (Å²) in [7, 11) is 0. The van der Waals surface area contributed by atoms with Gasteiger partial charge in [-0.1, -0.05) is 17.3 Å². The van der Waals surface area contributed by atoms with Gasteiger partial charge >= 0.3 is 0 Å². The maximum atomic E-state index is 8.98. The first-order chi connectivity index (χ1) is 8.40. The second-order valence-corrected chi connectivity index (χ2v) is 3.33. The summed E-state index contributed by atoms with van der Waals surface area (Å²) >= 11 is 0. The summed E-state index contributed by atoms with van der Waals surface area (Å²) in [6, 6.07) is 9.46. The number of para-hydroxylation sites is 1. The number of nitriles is 1. The fourth-order valence-corrected chi connectivity index (χ4v) is 1.59. The molecule has 3 aromatic rings. The van der Waals surface area contributed by atoms with Crippen LogP contribution in [0.15, 0.2) is 36.7 Å². The smallest absolute Gasteiger partial charge is 0.192 e. The van der Waals surface area contributed by atoms with Gasteiger partial charge in [-0.05, 0) is 12.1 Å². The van der Waals surface area contributed by atoms with Crippen molar-refractivity contribution in [3.63, 3.8) is 0 Å². The highest BCUT2D eigenvalue weighted by Crippen LogP contribution is 2.15. The molecule has 17 heavy (non-hydrogen) atoms. The number of aromatic nitrogens is 5. The van der Waals surface area contributed by atoms with E-state index in [2.05, 4.69) is 20.3 Å². The van der Waals surface area contributed by atoms with Crippen molar-refractivity contribution in [2.45, 2.75) is 0 Å².